The lowest BCUT2D eigenvalue weighted by molar-refractivity contribution is 0.916. The number of hydrogen-bond donors (Lipinski definition) is 0. The molecule has 0 aliphatic carbocycles. The van der Waals surface area contributed by atoms with Crippen LogP contribution in [0.15, 0.2) is 0 Å². The highest BCUT2D eigenvalue weighted by atomic mass is 35.5. The van der Waals surface area contributed by atoms with Crippen LogP contribution in [0.25, 0.3) is 0 Å². The molecule has 0 nitrogen and oxygen atoms in total. The summed E-state index contributed by atoms with van der Waals surface area (Å²) in [6, 6.07) is 0. The molecule has 0 bridgehead atoms. The molecule has 0 rings (SSSR count). The Balaban J connectivity index is 3.55. The molecule has 0 N–H and O–H groups in total. The first-order chi connectivity index (χ1) is 2.56. The van der Waals surface area contributed by atoms with E-state index >= 15 is 0 Å². The van der Waals surface area contributed by atoms with Gasteiger partial charge in [0.05, 0.1) is 0 Å². The maximum Gasteiger partial charge on any atom is 0.100 e. The van der Waals surface area contributed by atoms with Gasteiger partial charge in [-0.05, 0) is 20.3 Å². The fraction of sp³-hybridized carbons (Fsp3) is 0.600. The highest BCUT2D eigenvalue weighted by Crippen LogP contribution is 2.08. The minimum absolute atomic E-state index is 0.569. The second-order valence-electron chi connectivity index (χ2n) is 1.60. The molecule has 0 fully saturated rings. The van der Waals surface area contributed by atoms with Crippen LogP contribution in [0.2, 0.25) is 0 Å². The van der Waals surface area contributed by atoms with Crippen LogP contribution < -0.4 is 0 Å². The number of halogens is 1. The normalized spacial score (nSPS) is 10.3. The monoisotopic (exact) mass is 101 g/mol. The highest BCUT2D eigenvalue weighted by molar-refractivity contribution is 6.25. The number of hydrogen-bond acceptors (Lipinski definition) is 0. The van der Waals surface area contributed by atoms with E-state index in [1.54, 1.807) is 13.8 Å². The molecule has 0 unspecified atom stereocenters. The van der Waals surface area contributed by atoms with Gasteiger partial charge in [-0.3, -0.25) is 0 Å². The molecule has 0 atom stereocenters. The first kappa shape index (κ1) is 5.85. The van der Waals surface area contributed by atoms with Gasteiger partial charge in [0.2, 0.25) is 0 Å². The zero-order chi connectivity index (χ0) is 5.21. The molecule has 0 spiro atoms. The van der Waals surface area contributed by atoms with Crippen LogP contribution in [0, 0.1) is 12.3 Å². The molecular weight excluding hydrogens is 95.5 g/mol. The van der Waals surface area contributed by atoms with Gasteiger partial charge in [-0.1, -0.05) is 5.92 Å². The molecule has 0 aliphatic rings. The lowest BCUT2D eigenvalue weighted by Crippen LogP contribution is -2.03. The fourth-order valence-electron chi connectivity index (χ4n) is 0. The Bertz CT molecular complexity index is 70.9. The van der Waals surface area contributed by atoms with Crippen LogP contribution in [-0.4, -0.2) is 4.87 Å². The molecular formula is C5H6Cl. The van der Waals surface area contributed by atoms with Crippen molar-refractivity contribution in [3.63, 3.8) is 0 Å². The maximum absolute atomic E-state index is 6.47. The van der Waals surface area contributed by atoms with Crippen molar-refractivity contribution >= 4 is 11.6 Å². The standard InChI is InChI=1S/C5H6Cl/c1-4-5(2,3)6/h2-3H3. The molecule has 0 saturated carbocycles. The van der Waals surface area contributed by atoms with Crippen molar-refractivity contribution in [3.05, 3.63) is 6.42 Å². The quantitative estimate of drug-likeness (QED) is 0.321. The summed E-state index contributed by atoms with van der Waals surface area (Å²) in [5, 5.41) is 0. The van der Waals surface area contributed by atoms with Crippen molar-refractivity contribution in [2.75, 3.05) is 0 Å². The van der Waals surface area contributed by atoms with Crippen molar-refractivity contribution in [3.8, 4) is 5.92 Å². The molecule has 33 valence electrons. The van der Waals surface area contributed by atoms with Crippen molar-refractivity contribution in [2.24, 2.45) is 0 Å². The van der Waals surface area contributed by atoms with Crippen LogP contribution in [-0.2, 0) is 0 Å². The van der Waals surface area contributed by atoms with E-state index in [9.17, 15) is 0 Å². The predicted octanol–water partition coefficient (Wildman–Crippen LogP) is 1.59. The van der Waals surface area contributed by atoms with E-state index in [4.69, 9.17) is 18.0 Å². The van der Waals surface area contributed by atoms with Gasteiger partial charge >= 0.3 is 0 Å². The third kappa shape index (κ3) is 3.85. The summed E-state index contributed by atoms with van der Waals surface area (Å²) in [6.07, 6.45) is 6.47. The third-order valence-corrected chi connectivity index (χ3v) is 0.392. The lowest BCUT2D eigenvalue weighted by Gasteiger charge is -2.00. The minimum atomic E-state index is -0.569. The second-order valence-corrected chi connectivity index (χ2v) is 2.54. The Kier molecular flexibility index (Phi) is 1.49. The van der Waals surface area contributed by atoms with E-state index in [-0.39, 0.29) is 0 Å². The summed E-state index contributed by atoms with van der Waals surface area (Å²) >= 11 is 5.42. The maximum atomic E-state index is 6.47. The van der Waals surface area contributed by atoms with Gasteiger partial charge in [0.15, 0.2) is 0 Å². The summed E-state index contributed by atoms with van der Waals surface area (Å²) in [5.74, 6) is 2.12. The predicted molar refractivity (Wildman–Crippen MR) is 27.1 cm³/mol. The van der Waals surface area contributed by atoms with E-state index in [0.717, 1.165) is 0 Å². The molecule has 0 saturated heterocycles. The summed E-state index contributed by atoms with van der Waals surface area (Å²) in [5.41, 5.74) is 0. The van der Waals surface area contributed by atoms with E-state index in [2.05, 4.69) is 5.92 Å². The van der Waals surface area contributed by atoms with E-state index in [1.165, 1.54) is 0 Å². The Morgan fingerprint density at radius 2 is 1.83 bits per heavy atom. The molecule has 0 amide bonds. The smallest absolute Gasteiger partial charge is 0.100 e. The second kappa shape index (κ2) is 1.53. The first-order valence-corrected chi connectivity index (χ1v) is 2.07. The van der Waals surface area contributed by atoms with Crippen LogP contribution in [0.3, 0.4) is 0 Å². The van der Waals surface area contributed by atoms with Gasteiger partial charge in [-0.15, -0.1) is 11.6 Å². The third-order valence-electron chi connectivity index (χ3n) is 0.297. The van der Waals surface area contributed by atoms with Crippen molar-refractivity contribution in [2.45, 2.75) is 18.7 Å². The molecule has 0 heterocycles. The Morgan fingerprint density at radius 3 is 1.83 bits per heavy atom. The number of rotatable bonds is 0. The molecule has 1 heteroatoms. The molecule has 0 aromatic carbocycles. The average molecular weight is 102 g/mol. The van der Waals surface area contributed by atoms with Crippen LogP contribution in [0.1, 0.15) is 13.8 Å². The van der Waals surface area contributed by atoms with Gasteiger partial charge in [-0.2, -0.15) is 0 Å². The SMILES string of the molecule is [C]#CC(C)(C)Cl. The first-order valence-electron chi connectivity index (χ1n) is 1.69. The van der Waals surface area contributed by atoms with Crippen molar-refractivity contribution < 1.29 is 0 Å². The van der Waals surface area contributed by atoms with Gasteiger partial charge in [0, 0.05) is 0 Å². The minimum Gasteiger partial charge on any atom is -0.106 e. The van der Waals surface area contributed by atoms with E-state index in [0.29, 0.717) is 0 Å². The largest absolute Gasteiger partial charge is 0.106 e. The van der Waals surface area contributed by atoms with Crippen molar-refractivity contribution in [1.82, 2.24) is 0 Å². The lowest BCUT2D eigenvalue weighted by atomic mass is 10.2. The van der Waals surface area contributed by atoms with Gasteiger partial charge < -0.3 is 0 Å². The molecule has 6 heavy (non-hydrogen) atoms. The molecule has 1 radical (unpaired) electrons. The van der Waals surface area contributed by atoms with Gasteiger partial charge in [0.25, 0.3) is 0 Å². The molecule has 0 aliphatic heterocycles. The Labute approximate surface area is 43.5 Å². The Hall–Kier alpha value is -0.150. The van der Waals surface area contributed by atoms with E-state index in [1.807, 2.05) is 0 Å². The zero-order valence-corrected chi connectivity index (χ0v) is 4.63. The molecule has 0 aromatic heterocycles. The Morgan fingerprint density at radius 1 is 1.67 bits per heavy atom. The van der Waals surface area contributed by atoms with Crippen LogP contribution in [0.4, 0.5) is 0 Å². The van der Waals surface area contributed by atoms with Crippen LogP contribution >= 0.6 is 11.6 Å². The summed E-state index contributed by atoms with van der Waals surface area (Å²) in [6.45, 7) is 3.42. The van der Waals surface area contributed by atoms with Gasteiger partial charge in [0.1, 0.15) is 4.87 Å². The topological polar surface area (TPSA) is 0 Å². The highest BCUT2D eigenvalue weighted by Gasteiger charge is 2.04. The van der Waals surface area contributed by atoms with E-state index < -0.39 is 4.87 Å². The average Bonchev–Trinajstić information content (AvgIpc) is 1.35. The van der Waals surface area contributed by atoms with Crippen molar-refractivity contribution in [1.29, 1.82) is 0 Å². The molecule has 0 aromatic rings. The summed E-state index contributed by atoms with van der Waals surface area (Å²) in [4.78, 5) is -0.569. The zero-order valence-electron chi connectivity index (χ0n) is 3.88. The summed E-state index contributed by atoms with van der Waals surface area (Å²) < 4.78 is 0. The number of alkyl halides is 1. The summed E-state index contributed by atoms with van der Waals surface area (Å²) in [7, 11) is 0. The van der Waals surface area contributed by atoms with Crippen LogP contribution in [0.5, 0.6) is 0 Å². The fourth-order valence-corrected chi connectivity index (χ4v) is 0. The van der Waals surface area contributed by atoms with Gasteiger partial charge in [-0.25, -0.2) is 0 Å².